The van der Waals surface area contributed by atoms with Crippen molar-refractivity contribution < 1.29 is 9.59 Å². The summed E-state index contributed by atoms with van der Waals surface area (Å²) in [6.07, 6.45) is 7.19. The van der Waals surface area contributed by atoms with Gasteiger partial charge in [-0.3, -0.25) is 9.59 Å². The number of benzene rings is 2. The van der Waals surface area contributed by atoms with Gasteiger partial charge in [-0.1, -0.05) is 57.2 Å². The van der Waals surface area contributed by atoms with Gasteiger partial charge in [0.1, 0.15) is 11.6 Å². The summed E-state index contributed by atoms with van der Waals surface area (Å²) in [5.41, 5.74) is 4.29. The van der Waals surface area contributed by atoms with Crippen LogP contribution in [-0.2, 0) is 16.0 Å². The molecular weight excluding hydrogens is 432 g/mol. The number of Topliss-reactive ketones (excluding diaryl/α,β-unsaturated/α-hetero) is 2. The normalized spacial score (nSPS) is 28.8. The van der Waals surface area contributed by atoms with Crippen molar-refractivity contribution >= 4 is 33.4 Å². The fraction of sp³-hybridized carbons (Fsp3) is 0.419. The Morgan fingerprint density at radius 1 is 0.886 bits per heavy atom. The molecule has 2 unspecified atom stereocenters. The van der Waals surface area contributed by atoms with Gasteiger partial charge in [0.25, 0.3) is 0 Å². The minimum absolute atomic E-state index is 0.00359. The van der Waals surface area contributed by atoms with Crippen LogP contribution in [0.2, 0.25) is 0 Å². The van der Waals surface area contributed by atoms with Crippen molar-refractivity contribution in [1.29, 1.82) is 0 Å². The lowest BCUT2D eigenvalue weighted by Crippen LogP contribution is -2.38. The zero-order chi connectivity index (χ0) is 24.3. The number of hydrogen-bond donors (Lipinski definition) is 2. The van der Waals surface area contributed by atoms with E-state index >= 15 is 0 Å². The Hall–Kier alpha value is -3.14. The fourth-order valence-electron chi connectivity index (χ4n) is 7.44. The van der Waals surface area contributed by atoms with Gasteiger partial charge < -0.3 is 9.97 Å². The molecule has 2 fully saturated rings. The van der Waals surface area contributed by atoms with E-state index in [4.69, 9.17) is 0 Å². The molecule has 0 spiro atoms. The van der Waals surface area contributed by atoms with E-state index < -0.39 is 0 Å². The van der Waals surface area contributed by atoms with Crippen LogP contribution in [0.4, 0.5) is 0 Å². The number of aromatic nitrogens is 2. The zero-order valence-corrected chi connectivity index (χ0v) is 20.8. The number of fused-ring (bicyclic) bond motifs is 3. The first-order valence-corrected chi connectivity index (χ1v) is 13.0. The van der Waals surface area contributed by atoms with E-state index in [0.29, 0.717) is 23.9 Å². The topological polar surface area (TPSA) is 65.7 Å². The third-order valence-electron chi connectivity index (χ3n) is 9.15. The van der Waals surface area contributed by atoms with Crippen molar-refractivity contribution in [2.24, 2.45) is 29.1 Å². The Kier molecular flexibility index (Phi) is 5.24. The van der Waals surface area contributed by atoms with Crippen LogP contribution in [-0.4, -0.2) is 21.5 Å². The first-order chi connectivity index (χ1) is 16.8. The lowest BCUT2D eigenvalue weighted by molar-refractivity contribution is -0.128. The molecule has 35 heavy (non-hydrogen) atoms. The van der Waals surface area contributed by atoms with E-state index in [1.54, 1.807) is 0 Å². The molecule has 4 nitrogen and oxygen atoms in total. The SMILES string of the molecule is C[C@@H]1C(=O)C(c2c[nH]c3ccccc23)[C@@H]2[C@@H]1CCC(Cc1c[nH]c3ccccc13)C(=O)CC2(C)C. The monoisotopic (exact) mass is 466 g/mol. The highest BCUT2D eigenvalue weighted by Crippen LogP contribution is 2.57. The Balaban J connectivity index is 1.34. The molecular formula is C31H34N2O2. The third-order valence-corrected chi connectivity index (χ3v) is 9.15. The minimum Gasteiger partial charge on any atom is -0.361 e. The van der Waals surface area contributed by atoms with Gasteiger partial charge in [0.15, 0.2) is 0 Å². The van der Waals surface area contributed by atoms with Crippen LogP contribution in [0.5, 0.6) is 0 Å². The molecule has 2 aliphatic carbocycles. The largest absolute Gasteiger partial charge is 0.361 e. The molecule has 0 amide bonds. The highest BCUT2D eigenvalue weighted by Gasteiger charge is 2.55. The molecule has 2 saturated carbocycles. The average molecular weight is 467 g/mol. The molecule has 0 aliphatic heterocycles. The summed E-state index contributed by atoms with van der Waals surface area (Å²) in [7, 11) is 0. The van der Waals surface area contributed by atoms with Gasteiger partial charge in [-0.15, -0.1) is 0 Å². The number of hydrogen-bond acceptors (Lipinski definition) is 2. The molecule has 0 radical (unpaired) electrons. The standard InChI is InChI=1S/C31H34N2O2/c1-18-21-13-12-19(14-20-16-32-25-10-6-4-8-22(20)25)27(34)15-31(2,3)29(21)28(30(18)35)24-17-33-26-11-7-5-9-23(24)26/h4-11,16-19,21,28-29,32-33H,12-15H2,1-3H3/t18-,19?,21+,28?,29-/m0/s1. The van der Waals surface area contributed by atoms with Crippen molar-refractivity contribution in [1.82, 2.24) is 9.97 Å². The summed E-state index contributed by atoms with van der Waals surface area (Å²) in [4.78, 5) is 34.2. The van der Waals surface area contributed by atoms with E-state index in [-0.39, 0.29) is 29.1 Å². The predicted molar refractivity (Wildman–Crippen MR) is 140 cm³/mol. The van der Waals surface area contributed by atoms with Gasteiger partial charge in [0.2, 0.25) is 0 Å². The first kappa shape index (κ1) is 22.3. The molecule has 6 rings (SSSR count). The minimum atomic E-state index is -0.246. The molecule has 180 valence electrons. The number of aromatic amines is 2. The summed E-state index contributed by atoms with van der Waals surface area (Å²) in [6, 6.07) is 16.6. The third kappa shape index (κ3) is 3.57. The quantitative estimate of drug-likeness (QED) is 0.348. The highest BCUT2D eigenvalue weighted by atomic mass is 16.1. The van der Waals surface area contributed by atoms with Crippen LogP contribution < -0.4 is 0 Å². The molecule has 0 saturated heterocycles. The maximum atomic E-state index is 13.8. The van der Waals surface area contributed by atoms with Crippen LogP contribution in [0.1, 0.15) is 57.1 Å². The fourth-order valence-corrected chi connectivity index (χ4v) is 7.44. The number of ketones is 2. The average Bonchev–Trinajstić information content (AvgIpc) is 3.51. The molecule has 2 aliphatic rings. The van der Waals surface area contributed by atoms with Crippen LogP contribution in [0.25, 0.3) is 21.8 Å². The van der Waals surface area contributed by atoms with E-state index in [0.717, 1.165) is 41.2 Å². The van der Waals surface area contributed by atoms with Gasteiger partial charge in [0.05, 0.1) is 0 Å². The smallest absolute Gasteiger partial charge is 0.143 e. The molecule has 4 heteroatoms. The van der Waals surface area contributed by atoms with Crippen LogP contribution in [0.15, 0.2) is 60.9 Å². The van der Waals surface area contributed by atoms with E-state index in [1.165, 1.54) is 10.9 Å². The van der Waals surface area contributed by atoms with Crippen molar-refractivity contribution in [2.45, 2.75) is 52.4 Å². The highest BCUT2D eigenvalue weighted by molar-refractivity contribution is 5.96. The molecule has 4 aromatic rings. The van der Waals surface area contributed by atoms with Crippen molar-refractivity contribution in [3.05, 3.63) is 72.1 Å². The summed E-state index contributed by atoms with van der Waals surface area (Å²) < 4.78 is 0. The van der Waals surface area contributed by atoms with Gasteiger partial charge >= 0.3 is 0 Å². The van der Waals surface area contributed by atoms with Crippen LogP contribution in [0, 0.1) is 29.1 Å². The number of H-pyrrole nitrogens is 2. The van der Waals surface area contributed by atoms with Gasteiger partial charge in [-0.05, 0) is 59.8 Å². The zero-order valence-electron chi connectivity index (χ0n) is 20.8. The molecule has 2 aromatic heterocycles. The Morgan fingerprint density at radius 3 is 2.31 bits per heavy atom. The Morgan fingerprint density at radius 2 is 1.54 bits per heavy atom. The number of nitrogens with one attached hydrogen (secondary N) is 2. The number of carbonyl (C=O) groups is 2. The van der Waals surface area contributed by atoms with E-state index in [9.17, 15) is 9.59 Å². The lowest BCUT2D eigenvalue weighted by Gasteiger charge is -2.42. The lowest BCUT2D eigenvalue weighted by atomic mass is 9.61. The van der Waals surface area contributed by atoms with Crippen molar-refractivity contribution in [3.63, 3.8) is 0 Å². The summed E-state index contributed by atoms with van der Waals surface area (Å²) in [5.74, 6) is 1.03. The predicted octanol–water partition coefficient (Wildman–Crippen LogP) is 6.82. The Bertz CT molecular complexity index is 1420. The molecule has 5 atom stereocenters. The second-order valence-corrected chi connectivity index (χ2v) is 11.6. The first-order valence-electron chi connectivity index (χ1n) is 13.0. The van der Waals surface area contributed by atoms with Crippen molar-refractivity contribution in [2.75, 3.05) is 0 Å². The summed E-state index contributed by atoms with van der Waals surface area (Å²) in [6.45, 7) is 6.58. The van der Waals surface area contributed by atoms with Crippen molar-refractivity contribution in [3.8, 4) is 0 Å². The molecule has 2 N–H and O–H groups in total. The Labute approximate surface area is 206 Å². The van der Waals surface area contributed by atoms with Gasteiger partial charge in [-0.2, -0.15) is 0 Å². The second-order valence-electron chi connectivity index (χ2n) is 11.6. The molecule has 0 bridgehead atoms. The second kappa shape index (κ2) is 8.22. The van der Waals surface area contributed by atoms with Crippen LogP contribution in [0.3, 0.4) is 0 Å². The van der Waals surface area contributed by atoms with E-state index in [2.05, 4.69) is 67.3 Å². The number of rotatable bonds is 3. The number of carbonyl (C=O) groups excluding carboxylic acids is 2. The number of para-hydroxylation sites is 2. The van der Waals surface area contributed by atoms with Gasteiger partial charge in [-0.25, -0.2) is 0 Å². The maximum absolute atomic E-state index is 13.8. The van der Waals surface area contributed by atoms with E-state index in [1.807, 2.05) is 24.4 Å². The molecule has 2 aromatic carbocycles. The molecule has 2 heterocycles. The van der Waals surface area contributed by atoms with Crippen LogP contribution >= 0.6 is 0 Å². The summed E-state index contributed by atoms with van der Waals surface area (Å²) >= 11 is 0. The van der Waals surface area contributed by atoms with Gasteiger partial charge in [0, 0.05) is 58.4 Å². The summed E-state index contributed by atoms with van der Waals surface area (Å²) in [5, 5.41) is 2.35. The maximum Gasteiger partial charge on any atom is 0.143 e.